The molecule has 0 radical (unpaired) electrons. The van der Waals surface area contributed by atoms with Crippen LogP contribution in [-0.4, -0.2) is 70.0 Å². The number of amides is 2. The Bertz CT molecular complexity index is 1500. The first-order valence-electron chi connectivity index (χ1n) is 13.3. The fourth-order valence-electron chi connectivity index (χ4n) is 6.09. The van der Waals surface area contributed by atoms with Gasteiger partial charge in [0.05, 0.1) is 22.9 Å². The molecule has 0 bridgehead atoms. The number of aromatic amines is 1. The van der Waals surface area contributed by atoms with Crippen LogP contribution >= 0.6 is 0 Å². The van der Waals surface area contributed by atoms with E-state index in [1.807, 2.05) is 11.8 Å². The van der Waals surface area contributed by atoms with E-state index in [0.717, 1.165) is 44.1 Å². The molecule has 3 aromatic rings. The van der Waals surface area contributed by atoms with Crippen LogP contribution in [0.5, 0.6) is 0 Å². The number of nitrogens with one attached hydrogen (secondary N) is 2. The van der Waals surface area contributed by atoms with E-state index in [4.69, 9.17) is 0 Å². The van der Waals surface area contributed by atoms with Gasteiger partial charge in [-0.15, -0.1) is 0 Å². The number of aryl methyl sites for hydroxylation is 1. The van der Waals surface area contributed by atoms with Crippen LogP contribution in [0.3, 0.4) is 0 Å². The third kappa shape index (κ3) is 4.66. The summed E-state index contributed by atoms with van der Waals surface area (Å²) in [5.74, 6) is -2.45. The molecule has 2 saturated heterocycles. The van der Waals surface area contributed by atoms with Crippen molar-refractivity contribution in [3.05, 3.63) is 76.6 Å². The average molecular weight is 533 g/mol. The maximum atomic E-state index is 14.8. The summed E-state index contributed by atoms with van der Waals surface area (Å²) in [6.45, 7) is 4.67. The third-order valence-electron chi connectivity index (χ3n) is 7.92. The molecule has 2 aromatic carbocycles. The van der Waals surface area contributed by atoms with Crippen molar-refractivity contribution in [2.45, 2.75) is 38.3 Å². The van der Waals surface area contributed by atoms with Gasteiger partial charge in [0.1, 0.15) is 0 Å². The van der Waals surface area contributed by atoms with Crippen molar-refractivity contribution in [1.29, 1.82) is 0 Å². The number of benzene rings is 2. The molecule has 39 heavy (non-hydrogen) atoms. The number of halogens is 2. The van der Waals surface area contributed by atoms with Crippen LogP contribution in [0.25, 0.3) is 22.8 Å². The molecule has 0 spiro atoms. The summed E-state index contributed by atoms with van der Waals surface area (Å²) in [7, 11) is 0. The molecule has 2 fully saturated rings. The third-order valence-corrected chi connectivity index (χ3v) is 7.92. The molecule has 2 amide bonds. The highest BCUT2D eigenvalue weighted by Crippen LogP contribution is 2.41. The molecule has 3 aliphatic rings. The van der Waals surface area contributed by atoms with Gasteiger partial charge in [-0.25, -0.2) is 8.78 Å². The first-order valence-corrected chi connectivity index (χ1v) is 13.3. The van der Waals surface area contributed by atoms with Crippen molar-refractivity contribution in [3.8, 4) is 11.1 Å². The number of aliphatic hydroxyl groups is 1. The predicted molar refractivity (Wildman–Crippen MR) is 145 cm³/mol. The normalized spacial score (nSPS) is 22.1. The number of fused-ring (bicyclic) bond motifs is 1. The Hall–Kier alpha value is -3.82. The van der Waals surface area contributed by atoms with Crippen LogP contribution < -0.4 is 5.32 Å². The lowest BCUT2D eigenvalue weighted by molar-refractivity contribution is -0.110. The summed E-state index contributed by atoms with van der Waals surface area (Å²) >= 11 is 0. The van der Waals surface area contributed by atoms with Gasteiger partial charge in [0.2, 0.25) is 0 Å². The van der Waals surface area contributed by atoms with E-state index >= 15 is 0 Å². The second-order valence-corrected chi connectivity index (χ2v) is 10.6. The summed E-state index contributed by atoms with van der Waals surface area (Å²) in [4.78, 5) is 34.2. The molecule has 0 saturated carbocycles. The highest BCUT2D eigenvalue weighted by molar-refractivity contribution is 6.36. The van der Waals surface area contributed by atoms with Gasteiger partial charge >= 0.3 is 0 Å². The van der Waals surface area contributed by atoms with E-state index < -0.39 is 11.6 Å². The Morgan fingerprint density at radius 1 is 1.13 bits per heavy atom. The highest BCUT2D eigenvalue weighted by atomic mass is 19.2. The van der Waals surface area contributed by atoms with Crippen molar-refractivity contribution in [1.82, 2.24) is 14.8 Å². The molecule has 202 valence electrons. The zero-order chi connectivity index (χ0) is 27.3. The minimum atomic E-state index is -0.984. The summed E-state index contributed by atoms with van der Waals surface area (Å²) in [5.41, 5.74) is 3.39. The monoisotopic (exact) mass is 532 g/mol. The quantitative estimate of drug-likeness (QED) is 0.424. The Kier molecular flexibility index (Phi) is 6.56. The van der Waals surface area contributed by atoms with Crippen LogP contribution in [0, 0.1) is 18.6 Å². The van der Waals surface area contributed by atoms with Gasteiger partial charge in [-0.05, 0) is 56.0 Å². The number of aliphatic hydroxyl groups excluding tert-OH is 1. The maximum absolute atomic E-state index is 14.8. The van der Waals surface area contributed by atoms with Crippen molar-refractivity contribution >= 4 is 29.2 Å². The first-order chi connectivity index (χ1) is 18.8. The van der Waals surface area contributed by atoms with Crippen LogP contribution in [0.4, 0.5) is 14.5 Å². The number of likely N-dealkylation sites (tertiary alicyclic amines) is 2. The van der Waals surface area contributed by atoms with Gasteiger partial charge < -0.3 is 20.3 Å². The molecule has 2 atom stereocenters. The smallest absolute Gasteiger partial charge is 0.256 e. The molecule has 3 N–H and O–H groups in total. The van der Waals surface area contributed by atoms with Gasteiger partial charge in [0.25, 0.3) is 11.8 Å². The second-order valence-electron chi connectivity index (χ2n) is 10.6. The standard InChI is InChI=1S/C30H30F2N4O3/c1-17-13-22(30(39)36-11-4-5-18(36)15-35-12-10-19(37)16-35)26(33-17)14-23-27-20(6-3-9-25(27)34-29(23)38)21-7-2-8-24(31)28(21)32/h2-3,6-9,13-14,18-19,33,37H,4-5,10-12,15-16H2,1H3,(H,34,38)/b23-14-/t18-,19+/m0/s1. The maximum Gasteiger partial charge on any atom is 0.256 e. The minimum Gasteiger partial charge on any atom is -0.392 e. The largest absolute Gasteiger partial charge is 0.392 e. The van der Waals surface area contributed by atoms with E-state index in [9.17, 15) is 23.5 Å². The van der Waals surface area contributed by atoms with E-state index in [-0.39, 0.29) is 35.1 Å². The molecule has 7 nitrogen and oxygen atoms in total. The number of anilines is 1. The molecule has 3 aliphatic heterocycles. The van der Waals surface area contributed by atoms with E-state index in [2.05, 4.69) is 15.2 Å². The lowest BCUT2D eigenvalue weighted by Crippen LogP contribution is -2.43. The van der Waals surface area contributed by atoms with Crippen LogP contribution in [-0.2, 0) is 4.79 Å². The highest BCUT2D eigenvalue weighted by Gasteiger charge is 2.34. The van der Waals surface area contributed by atoms with E-state index in [1.54, 1.807) is 30.3 Å². The number of rotatable bonds is 5. The Labute approximate surface area is 225 Å². The summed E-state index contributed by atoms with van der Waals surface area (Å²) < 4.78 is 28.9. The molecule has 0 aliphatic carbocycles. The Morgan fingerprint density at radius 2 is 1.92 bits per heavy atom. The van der Waals surface area contributed by atoms with Gasteiger partial charge in [-0.3, -0.25) is 14.5 Å². The van der Waals surface area contributed by atoms with Crippen LogP contribution in [0.2, 0.25) is 0 Å². The van der Waals surface area contributed by atoms with Gasteiger partial charge in [0, 0.05) is 54.7 Å². The summed E-state index contributed by atoms with van der Waals surface area (Å²) in [6, 6.07) is 10.9. The van der Waals surface area contributed by atoms with E-state index in [1.165, 1.54) is 12.1 Å². The van der Waals surface area contributed by atoms with Crippen molar-refractivity contribution in [2.75, 3.05) is 31.5 Å². The molecule has 1 aromatic heterocycles. The number of hydrogen-bond acceptors (Lipinski definition) is 4. The van der Waals surface area contributed by atoms with Gasteiger partial charge in [0.15, 0.2) is 11.6 Å². The zero-order valence-electron chi connectivity index (χ0n) is 21.6. The first kappa shape index (κ1) is 25.5. The number of aromatic nitrogens is 1. The van der Waals surface area contributed by atoms with Crippen LogP contribution in [0.1, 0.15) is 46.6 Å². The zero-order valence-corrected chi connectivity index (χ0v) is 21.6. The Balaban J connectivity index is 1.36. The molecule has 6 rings (SSSR count). The lowest BCUT2D eigenvalue weighted by atomic mass is 9.93. The molecule has 0 unspecified atom stereocenters. The van der Waals surface area contributed by atoms with Crippen molar-refractivity contribution < 1.29 is 23.5 Å². The van der Waals surface area contributed by atoms with Crippen molar-refractivity contribution in [3.63, 3.8) is 0 Å². The topological polar surface area (TPSA) is 88.7 Å². The fourth-order valence-corrected chi connectivity index (χ4v) is 6.09. The molecule has 4 heterocycles. The molecule has 9 heteroatoms. The van der Waals surface area contributed by atoms with E-state index in [0.29, 0.717) is 41.2 Å². The number of hydrogen-bond donors (Lipinski definition) is 3. The number of β-amino-alcohol motifs (C(OH)–C–C–N with tert-alkyl or cyclic N) is 1. The number of carbonyl (C=O) groups excluding carboxylic acids is 2. The van der Waals surface area contributed by atoms with Gasteiger partial charge in [-0.2, -0.15) is 0 Å². The Morgan fingerprint density at radius 3 is 2.72 bits per heavy atom. The summed E-state index contributed by atoms with van der Waals surface area (Å²) in [6.07, 6.45) is 3.87. The number of nitrogens with zero attached hydrogens (tertiary/aromatic N) is 2. The lowest BCUT2D eigenvalue weighted by Gasteiger charge is -2.28. The average Bonchev–Trinajstić information content (AvgIpc) is 3.69. The van der Waals surface area contributed by atoms with Crippen molar-refractivity contribution in [2.24, 2.45) is 0 Å². The minimum absolute atomic E-state index is 0.0524. The number of H-pyrrole nitrogens is 1. The van der Waals surface area contributed by atoms with Gasteiger partial charge in [-0.1, -0.05) is 24.3 Å². The molecular weight excluding hydrogens is 502 g/mol. The number of carbonyl (C=O) groups is 2. The fraction of sp³-hybridized carbons (Fsp3) is 0.333. The van der Waals surface area contributed by atoms with Crippen LogP contribution in [0.15, 0.2) is 42.5 Å². The SMILES string of the molecule is Cc1cc(C(=O)N2CCC[C@H]2CN2CC[C@@H](O)C2)c(/C=C2\C(=O)Nc3cccc(-c4cccc(F)c4F)c32)[nH]1. The molecular formula is C30H30F2N4O3. The predicted octanol–water partition coefficient (Wildman–Crippen LogP) is 4.43. The summed E-state index contributed by atoms with van der Waals surface area (Å²) in [5, 5.41) is 12.7. The second kappa shape index (κ2) is 10.1.